The number of imidazole rings is 1. The van der Waals surface area contributed by atoms with Crippen LogP contribution >= 0.6 is 0 Å². The van der Waals surface area contributed by atoms with Crippen LogP contribution in [0.25, 0.3) is 0 Å². The second-order valence-corrected chi connectivity index (χ2v) is 22.1. The molecule has 3 aromatic carbocycles. The fourth-order valence-corrected chi connectivity index (χ4v) is 10.2. The summed E-state index contributed by atoms with van der Waals surface area (Å²) in [6.07, 6.45) is 9.53. The Kier molecular flexibility index (Phi) is 14.4. The number of aromatic nitrogens is 4. The zero-order valence-corrected chi connectivity index (χ0v) is 43.6. The van der Waals surface area contributed by atoms with Gasteiger partial charge in [0.15, 0.2) is 0 Å². The lowest BCUT2D eigenvalue weighted by Crippen LogP contribution is -2.50. The summed E-state index contributed by atoms with van der Waals surface area (Å²) in [6.45, 7) is 18.8. The van der Waals surface area contributed by atoms with Crippen LogP contribution in [-0.4, -0.2) is 74.7 Å². The molecule has 4 unspecified atom stereocenters. The summed E-state index contributed by atoms with van der Waals surface area (Å²) in [5.41, 5.74) is 5.47. The lowest BCUT2D eigenvalue weighted by molar-refractivity contribution is -0.126. The minimum Gasteiger partial charge on any atom is -0.468 e. The Bertz CT molecular complexity index is 3000. The van der Waals surface area contributed by atoms with Crippen LogP contribution in [0.5, 0.6) is 0 Å². The molecule has 1 saturated heterocycles. The van der Waals surface area contributed by atoms with Crippen LogP contribution in [0, 0.1) is 5.92 Å². The normalized spacial score (nSPS) is 19.2. The average Bonchev–Trinajstić information content (AvgIpc) is 4.20. The number of amides is 4. The van der Waals surface area contributed by atoms with Crippen molar-refractivity contribution in [2.75, 3.05) is 23.0 Å². The van der Waals surface area contributed by atoms with E-state index in [2.05, 4.69) is 65.2 Å². The van der Waals surface area contributed by atoms with E-state index < -0.39 is 53.3 Å². The second-order valence-electron chi connectivity index (χ2n) is 22.1. The van der Waals surface area contributed by atoms with E-state index in [1.54, 1.807) is 60.9 Å². The fourth-order valence-electron chi connectivity index (χ4n) is 10.2. The summed E-state index contributed by atoms with van der Waals surface area (Å²) in [5.74, 6) is -1.35. The molecule has 74 heavy (non-hydrogen) atoms. The first-order valence-corrected chi connectivity index (χ1v) is 25.3. The Hall–Kier alpha value is -7.49. The van der Waals surface area contributed by atoms with Gasteiger partial charge in [-0.1, -0.05) is 95.3 Å². The second kappa shape index (κ2) is 20.8. The van der Waals surface area contributed by atoms with Crippen LogP contribution in [0.3, 0.4) is 0 Å². The molecule has 6 aromatic rings. The molecular formula is C59H66N8O7. The van der Waals surface area contributed by atoms with Crippen molar-refractivity contribution < 1.29 is 33.4 Å². The summed E-state index contributed by atoms with van der Waals surface area (Å²) in [6, 6.07) is 27.7. The first kappa shape index (κ1) is 51.4. The smallest absolute Gasteiger partial charge is 0.277 e. The standard InChI is InChI=1S/C59H66N8O7/c1-36-48(45-26-29-72-56(45)74-36)55(71)67(51(39-16-13-28-61-32-39)53(69)65-58(5,6)7)43-24-20-41(21-25-43)59(8,9)34-73-47-30-37-14-10-11-17-44(37)49(47)64-52(68)50(38-15-12-27-60-31-38)66(54(70)46-33-62-35-63-46)42-22-18-40(19-23-42)57(2,3)4/h10-25,27-28,31-33,35,45,47,49-51,56H,26,29-30,34H2,1-9H3,(H,62,63)(H,64,68)(H,65,69)/t45?,47-,49+,50?,51?,56?/m0/s1. The van der Waals surface area contributed by atoms with Crippen LogP contribution in [-0.2, 0) is 45.8 Å². The van der Waals surface area contributed by atoms with E-state index >= 15 is 9.59 Å². The minimum atomic E-state index is -1.14. The van der Waals surface area contributed by atoms with Gasteiger partial charge in [0.05, 0.1) is 49.4 Å². The molecule has 1 fully saturated rings. The van der Waals surface area contributed by atoms with Gasteiger partial charge in [-0.25, -0.2) is 4.98 Å². The summed E-state index contributed by atoms with van der Waals surface area (Å²) in [4.78, 5) is 78.3. The van der Waals surface area contributed by atoms with E-state index in [-0.39, 0.29) is 35.4 Å². The molecule has 3 aliphatic rings. The molecule has 1 aliphatic carbocycles. The first-order chi connectivity index (χ1) is 35.3. The van der Waals surface area contributed by atoms with Crippen molar-refractivity contribution in [1.29, 1.82) is 0 Å². The number of H-pyrrole nitrogens is 1. The number of fused-ring (bicyclic) bond motifs is 2. The predicted molar refractivity (Wildman–Crippen MR) is 282 cm³/mol. The molecule has 3 N–H and O–H groups in total. The average molecular weight is 999 g/mol. The molecule has 3 aromatic heterocycles. The van der Waals surface area contributed by atoms with Crippen LogP contribution in [0.4, 0.5) is 11.4 Å². The van der Waals surface area contributed by atoms with Crippen molar-refractivity contribution in [3.05, 3.63) is 185 Å². The van der Waals surface area contributed by atoms with Crippen LogP contribution < -0.4 is 20.4 Å². The molecule has 9 rings (SSSR count). The summed E-state index contributed by atoms with van der Waals surface area (Å²) >= 11 is 0. The van der Waals surface area contributed by atoms with Crippen molar-refractivity contribution in [2.24, 2.45) is 5.92 Å². The molecule has 384 valence electrons. The van der Waals surface area contributed by atoms with Crippen molar-refractivity contribution in [3.8, 4) is 0 Å². The maximum absolute atomic E-state index is 15.2. The number of rotatable bonds is 15. The molecule has 0 bridgehead atoms. The van der Waals surface area contributed by atoms with Crippen molar-refractivity contribution in [1.82, 2.24) is 30.6 Å². The van der Waals surface area contributed by atoms with Crippen LogP contribution in [0.1, 0.15) is 131 Å². The van der Waals surface area contributed by atoms with E-state index in [1.807, 2.05) is 93.6 Å². The number of hydrogen-bond acceptors (Lipinski definition) is 10. The molecule has 2 aliphatic heterocycles. The van der Waals surface area contributed by atoms with Crippen molar-refractivity contribution in [3.63, 3.8) is 0 Å². The van der Waals surface area contributed by atoms with Gasteiger partial charge < -0.3 is 29.8 Å². The molecule has 5 heterocycles. The van der Waals surface area contributed by atoms with Gasteiger partial charge in [0, 0.05) is 64.7 Å². The van der Waals surface area contributed by atoms with Gasteiger partial charge in [-0.2, -0.15) is 0 Å². The third kappa shape index (κ3) is 10.8. The molecule has 0 radical (unpaired) electrons. The fraction of sp³-hybridized carbons (Fsp3) is 0.373. The Balaban J connectivity index is 1.01. The number of aromatic amines is 1. The van der Waals surface area contributed by atoms with Crippen molar-refractivity contribution in [2.45, 2.75) is 122 Å². The zero-order chi connectivity index (χ0) is 52.5. The SMILES string of the molecule is CC1=C(C(=O)N(c2ccc(C(C)(C)CO[C@H]3Cc4ccccc4[C@H]3NC(=O)C(c3cccnc3)N(C(=O)c3cnc[nH]3)c3ccc(C(C)(C)C)cc3)cc2)C(C(=O)NC(C)(C)C)c2cccnc2)C2CCOC2O1. The van der Waals surface area contributed by atoms with Crippen molar-refractivity contribution >= 4 is 35.0 Å². The first-order valence-electron chi connectivity index (χ1n) is 25.3. The summed E-state index contributed by atoms with van der Waals surface area (Å²) in [5, 5.41) is 6.47. The van der Waals surface area contributed by atoms with E-state index in [1.165, 1.54) is 17.4 Å². The largest absolute Gasteiger partial charge is 0.468 e. The maximum Gasteiger partial charge on any atom is 0.277 e. The van der Waals surface area contributed by atoms with Gasteiger partial charge in [-0.05, 0) is 98.2 Å². The van der Waals surface area contributed by atoms with E-state index in [9.17, 15) is 9.59 Å². The number of nitrogens with zero attached hydrogens (tertiary/aromatic N) is 5. The Morgan fingerprint density at radius 2 is 1.34 bits per heavy atom. The molecular weight excluding hydrogens is 933 g/mol. The van der Waals surface area contributed by atoms with E-state index in [0.717, 1.165) is 22.3 Å². The molecule has 0 spiro atoms. The van der Waals surface area contributed by atoms with Crippen LogP contribution in [0.15, 0.2) is 146 Å². The van der Waals surface area contributed by atoms with Crippen LogP contribution in [0.2, 0.25) is 0 Å². The topological polar surface area (TPSA) is 181 Å². The monoisotopic (exact) mass is 999 g/mol. The molecule has 15 heteroatoms. The quantitative estimate of drug-likeness (QED) is 0.0897. The molecule has 6 atom stereocenters. The number of pyridine rings is 2. The van der Waals surface area contributed by atoms with Gasteiger partial charge >= 0.3 is 0 Å². The highest BCUT2D eigenvalue weighted by molar-refractivity contribution is 6.11. The van der Waals surface area contributed by atoms with Gasteiger partial charge in [0.2, 0.25) is 18.1 Å². The van der Waals surface area contributed by atoms with Gasteiger partial charge in [0.1, 0.15) is 23.5 Å². The molecule has 4 amide bonds. The summed E-state index contributed by atoms with van der Waals surface area (Å²) < 4.78 is 18.8. The number of allylic oxidation sites excluding steroid dienone is 1. The number of ether oxygens (including phenoxy) is 3. The summed E-state index contributed by atoms with van der Waals surface area (Å²) in [7, 11) is 0. The molecule has 0 saturated carbocycles. The highest BCUT2D eigenvalue weighted by Gasteiger charge is 2.47. The Morgan fingerprint density at radius 3 is 1.92 bits per heavy atom. The highest BCUT2D eigenvalue weighted by Crippen LogP contribution is 2.43. The van der Waals surface area contributed by atoms with Gasteiger partial charge in [-0.3, -0.25) is 38.9 Å². The third-order valence-electron chi connectivity index (χ3n) is 14.1. The van der Waals surface area contributed by atoms with E-state index in [4.69, 9.17) is 14.2 Å². The number of carbonyl (C=O) groups is 4. The number of benzene rings is 3. The minimum absolute atomic E-state index is 0.144. The number of hydrogen-bond donors (Lipinski definition) is 3. The highest BCUT2D eigenvalue weighted by atomic mass is 16.7. The lowest BCUT2D eigenvalue weighted by atomic mass is 9.85. The zero-order valence-electron chi connectivity index (χ0n) is 43.6. The van der Waals surface area contributed by atoms with E-state index in [0.29, 0.717) is 53.3 Å². The number of anilines is 2. The maximum atomic E-state index is 15.2. The number of nitrogens with one attached hydrogen (secondary N) is 3. The third-order valence-corrected chi connectivity index (χ3v) is 14.1. The Labute approximate surface area is 433 Å². The molecule has 15 nitrogen and oxygen atoms in total. The lowest BCUT2D eigenvalue weighted by Gasteiger charge is -2.35. The van der Waals surface area contributed by atoms with Gasteiger partial charge in [0.25, 0.3) is 11.8 Å². The predicted octanol–water partition coefficient (Wildman–Crippen LogP) is 9.32. The Morgan fingerprint density at radius 1 is 0.730 bits per heavy atom. The number of carbonyl (C=O) groups excluding carboxylic acids is 4. The van der Waals surface area contributed by atoms with Gasteiger partial charge in [-0.15, -0.1) is 0 Å².